The van der Waals surface area contributed by atoms with Gasteiger partial charge in [-0.2, -0.15) is 0 Å². The van der Waals surface area contributed by atoms with Gasteiger partial charge in [0.1, 0.15) is 30.6 Å². The fraction of sp³-hybridized carbons (Fsp3) is 0.538. The van der Waals surface area contributed by atoms with E-state index in [9.17, 15) is 15.3 Å². The number of rotatable bonds is 4. The molecule has 106 valence electrons. The number of aliphatic hydroxyl groups is 4. The molecule has 1 aromatic carbocycles. The van der Waals surface area contributed by atoms with E-state index in [1.165, 1.54) is 0 Å². The average Bonchev–Trinajstić information content (AvgIpc) is 2.45. The lowest BCUT2D eigenvalue weighted by Gasteiger charge is -2.40. The van der Waals surface area contributed by atoms with Crippen molar-refractivity contribution in [3.8, 4) is 0 Å². The van der Waals surface area contributed by atoms with Crippen molar-refractivity contribution >= 4 is 0 Å². The summed E-state index contributed by atoms with van der Waals surface area (Å²) in [4.78, 5) is 0. The van der Waals surface area contributed by atoms with E-state index in [2.05, 4.69) is 5.32 Å². The molecule has 5 atom stereocenters. The minimum atomic E-state index is -1.35. The molecule has 1 unspecified atom stereocenters. The molecular formula is C13H19NO5. The Morgan fingerprint density at radius 1 is 1.00 bits per heavy atom. The largest absolute Gasteiger partial charge is 0.394 e. The van der Waals surface area contributed by atoms with Crippen LogP contribution in [0.3, 0.4) is 0 Å². The lowest BCUT2D eigenvalue weighted by atomic mass is 9.98. The standard InChI is InChI=1S/C13H19NO5/c15-7-9-10(16)11(17)12(18)13(19-9)14-6-8-4-2-1-3-5-8/h1-5,9-18H,6-7H2/t9-,10-,11+,12+,13?/m1/s1. The number of benzene rings is 1. The first-order chi connectivity index (χ1) is 9.13. The Morgan fingerprint density at radius 3 is 2.32 bits per heavy atom. The van der Waals surface area contributed by atoms with Crippen molar-refractivity contribution in [3.63, 3.8) is 0 Å². The van der Waals surface area contributed by atoms with Gasteiger partial charge in [-0.15, -0.1) is 0 Å². The average molecular weight is 269 g/mol. The second-order valence-corrected chi connectivity index (χ2v) is 4.62. The van der Waals surface area contributed by atoms with Gasteiger partial charge < -0.3 is 25.2 Å². The van der Waals surface area contributed by atoms with Crippen LogP contribution in [-0.4, -0.2) is 57.7 Å². The van der Waals surface area contributed by atoms with Crippen molar-refractivity contribution in [2.45, 2.75) is 37.2 Å². The first-order valence-electron chi connectivity index (χ1n) is 6.21. The van der Waals surface area contributed by atoms with Crippen LogP contribution in [0.2, 0.25) is 0 Å². The second-order valence-electron chi connectivity index (χ2n) is 4.62. The topological polar surface area (TPSA) is 102 Å². The Kier molecular flexibility index (Phi) is 4.87. The Bertz CT molecular complexity index is 386. The fourth-order valence-electron chi connectivity index (χ4n) is 2.08. The molecule has 0 spiro atoms. The Morgan fingerprint density at radius 2 is 1.68 bits per heavy atom. The number of hydrogen-bond acceptors (Lipinski definition) is 6. The molecule has 0 radical (unpaired) electrons. The van der Waals surface area contributed by atoms with Crippen LogP contribution in [0.4, 0.5) is 0 Å². The highest BCUT2D eigenvalue weighted by Gasteiger charge is 2.43. The summed E-state index contributed by atoms with van der Waals surface area (Å²) in [6.07, 6.45) is -5.64. The molecule has 0 saturated carbocycles. The molecule has 19 heavy (non-hydrogen) atoms. The monoisotopic (exact) mass is 269 g/mol. The van der Waals surface area contributed by atoms with E-state index in [4.69, 9.17) is 9.84 Å². The predicted octanol–water partition coefficient (Wildman–Crippen LogP) is -1.42. The third-order valence-electron chi connectivity index (χ3n) is 3.24. The van der Waals surface area contributed by atoms with Gasteiger partial charge in [0.25, 0.3) is 0 Å². The summed E-state index contributed by atoms with van der Waals surface area (Å²) < 4.78 is 5.33. The maximum Gasteiger partial charge on any atom is 0.137 e. The highest BCUT2D eigenvalue weighted by Crippen LogP contribution is 2.19. The predicted molar refractivity (Wildman–Crippen MR) is 67.0 cm³/mol. The van der Waals surface area contributed by atoms with E-state index in [0.29, 0.717) is 6.54 Å². The first kappa shape index (κ1) is 14.4. The van der Waals surface area contributed by atoms with Crippen molar-refractivity contribution < 1.29 is 25.2 Å². The zero-order valence-corrected chi connectivity index (χ0v) is 10.4. The van der Waals surface area contributed by atoms with Crippen LogP contribution < -0.4 is 5.32 Å². The van der Waals surface area contributed by atoms with Gasteiger partial charge in [0.15, 0.2) is 0 Å². The molecule has 1 fully saturated rings. The molecule has 5 N–H and O–H groups in total. The van der Waals surface area contributed by atoms with Crippen LogP contribution >= 0.6 is 0 Å². The van der Waals surface area contributed by atoms with Gasteiger partial charge >= 0.3 is 0 Å². The Labute approximate surface area is 111 Å². The molecule has 1 saturated heterocycles. The molecule has 1 aromatic rings. The van der Waals surface area contributed by atoms with Gasteiger partial charge in [0.2, 0.25) is 0 Å². The molecule has 2 rings (SSSR count). The molecule has 0 aromatic heterocycles. The zero-order valence-electron chi connectivity index (χ0n) is 10.4. The van der Waals surface area contributed by atoms with E-state index in [1.54, 1.807) is 0 Å². The van der Waals surface area contributed by atoms with Crippen LogP contribution in [0.15, 0.2) is 30.3 Å². The first-order valence-corrected chi connectivity index (χ1v) is 6.21. The Balaban J connectivity index is 1.95. The van der Waals surface area contributed by atoms with E-state index in [1.807, 2.05) is 30.3 Å². The summed E-state index contributed by atoms with van der Waals surface area (Å²) in [7, 11) is 0. The molecule has 6 heteroatoms. The summed E-state index contributed by atoms with van der Waals surface area (Å²) in [5.74, 6) is 0. The minimum Gasteiger partial charge on any atom is -0.394 e. The number of hydrogen-bond donors (Lipinski definition) is 5. The quantitative estimate of drug-likeness (QED) is 0.459. The maximum atomic E-state index is 9.82. The third-order valence-corrected chi connectivity index (χ3v) is 3.24. The van der Waals surface area contributed by atoms with Gasteiger partial charge in [-0.3, -0.25) is 5.32 Å². The van der Waals surface area contributed by atoms with Crippen molar-refractivity contribution in [2.24, 2.45) is 0 Å². The molecule has 1 heterocycles. The van der Waals surface area contributed by atoms with Crippen LogP contribution in [0.5, 0.6) is 0 Å². The smallest absolute Gasteiger partial charge is 0.137 e. The third kappa shape index (κ3) is 3.30. The van der Waals surface area contributed by atoms with Crippen LogP contribution in [-0.2, 0) is 11.3 Å². The number of ether oxygens (including phenoxy) is 1. The van der Waals surface area contributed by atoms with Crippen molar-refractivity contribution in [1.82, 2.24) is 5.32 Å². The molecule has 1 aliphatic rings. The maximum absolute atomic E-state index is 9.82. The van der Waals surface area contributed by atoms with Gasteiger partial charge in [-0.1, -0.05) is 30.3 Å². The number of aliphatic hydroxyl groups excluding tert-OH is 4. The fourth-order valence-corrected chi connectivity index (χ4v) is 2.08. The van der Waals surface area contributed by atoms with E-state index in [-0.39, 0.29) is 0 Å². The van der Waals surface area contributed by atoms with Crippen molar-refractivity contribution in [1.29, 1.82) is 0 Å². The zero-order chi connectivity index (χ0) is 13.8. The molecule has 6 nitrogen and oxygen atoms in total. The summed E-state index contributed by atoms with van der Waals surface area (Å²) in [5.41, 5.74) is 1.000. The van der Waals surface area contributed by atoms with Gasteiger partial charge in [-0.05, 0) is 5.56 Å². The summed E-state index contributed by atoms with van der Waals surface area (Å²) >= 11 is 0. The molecule has 0 aliphatic carbocycles. The summed E-state index contributed by atoms with van der Waals surface area (Å²) in [6, 6.07) is 9.51. The van der Waals surface area contributed by atoms with Crippen molar-refractivity contribution in [3.05, 3.63) is 35.9 Å². The van der Waals surface area contributed by atoms with Gasteiger partial charge in [0, 0.05) is 6.54 Å². The lowest BCUT2D eigenvalue weighted by Crippen LogP contribution is -2.62. The van der Waals surface area contributed by atoms with Crippen molar-refractivity contribution in [2.75, 3.05) is 6.61 Å². The summed E-state index contributed by atoms with van der Waals surface area (Å²) in [5, 5.41) is 41.1. The van der Waals surface area contributed by atoms with Gasteiger partial charge in [0.05, 0.1) is 6.61 Å². The normalized spacial score (nSPS) is 35.3. The van der Waals surface area contributed by atoms with E-state index < -0.39 is 37.3 Å². The molecule has 1 aliphatic heterocycles. The lowest BCUT2D eigenvalue weighted by molar-refractivity contribution is -0.236. The molecule has 0 amide bonds. The van der Waals surface area contributed by atoms with Crippen LogP contribution in [0.25, 0.3) is 0 Å². The highest BCUT2D eigenvalue weighted by atomic mass is 16.6. The SMILES string of the molecule is OC[C@H]1OC(NCc2ccccc2)[C@@H](O)[C@@H](O)[C@@H]1O. The number of nitrogens with one attached hydrogen (secondary N) is 1. The van der Waals surface area contributed by atoms with Crippen LogP contribution in [0.1, 0.15) is 5.56 Å². The van der Waals surface area contributed by atoms with Gasteiger partial charge in [-0.25, -0.2) is 0 Å². The summed E-state index contributed by atoms with van der Waals surface area (Å²) in [6.45, 7) is 0.0258. The Hall–Kier alpha value is -1.02. The highest BCUT2D eigenvalue weighted by molar-refractivity contribution is 5.14. The van der Waals surface area contributed by atoms with Crippen LogP contribution in [0, 0.1) is 0 Å². The van der Waals surface area contributed by atoms with E-state index in [0.717, 1.165) is 5.56 Å². The molecular weight excluding hydrogens is 250 g/mol. The minimum absolute atomic E-state index is 0.422. The van der Waals surface area contributed by atoms with E-state index >= 15 is 0 Å². The molecule has 0 bridgehead atoms. The second kappa shape index (κ2) is 6.42.